The number of piperidine rings is 1. The Bertz CT molecular complexity index is 355. The van der Waals surface area contributed by atoms with E-state index in [1.807, 2.05) is 0 Å². The first kappa shape index (κ1) is 12.2. The summed E-state index contributed by atoms with van der Waals surface area (Å²) >= 11 is 0. The van der Waals surface area contributed by atoms with E-state index in [9.17, 15) is 9.59 Å². The molecule has 1 spiro atoms. The van der Waals surface area contributed by atoms with E-state index in [1.165, 1.54) is 12.8 Å². The van der Waals surface area contributed by atoms with Crippen LogP contribution in [-0.2, 0) is 9.59 Å². The van der Waals surface area contributed by atoms with Crippen LogP contribution in [-0.4, -0.2) is 35.8 Å². The summed E-state index contributed by atoms with van der Waals surface area (Å²) in [4.78, 5) is 26.1. The fourth-order valence-electron chi connectivity index (χ4n) is 3.79. The van der Waals surface area contributed by atoms with E-state index in [4.69, 9.17) is 0 Å². The Kier molecular flexibility index (Phi) is 3.14. The predicted octanol–water partition coefficient (Wildman–Crippen LogP) is 1.45. The van der Waals surface area contributed by atoms with Gasteiger partial charge in [0.1, 0.15) is 0 Å². The molecule has 0 bridgehead atoms. The number of rotatable bonds is 2. The van der Waals surface area contributed by atoms with Crippen LogP contribution in [0.2, 0.25) is 0 Å². The van der Waals surface area contributed by atoms with E-state index < -0.39 is 0 Å². The van der Waals surface area contributed by atoms with Gasteiger partial charge in [-0.05, 0) is 32.2 Å². The Labute approximate surface area is 108 Å². The van der Waals surface area contributed by atoms with Crippen LogP contribution in [0.1, 0.15) is 51.4 Å². The molecule has 1 N–H and O–H groups in total. The molecule has 1 saturated carbocycles. The van der Waals surface area contributed by atoms with Crippen LogP contribution in [0, 0.1) is 5.41 Å². The molecule has 4 heteroatoms. The van der Waals surface area contributed by atoms with E-state index in [1.54, 1.807) is 4.90 Å². The van der Waals surface area contributed by atoms with Crippen molar-refractivity contribution in [2.45, 2.75) is 57.4 Å². The summed E-state index contributed by atoms with van der Waals surface area (Å²) in [6.45, 7) is 1.62. The summed E-state index contributed by atoms with van der Waals surface area (Å²) in [5.41, 5.74) is -0.300. The maximum absolute atomic E-state index is 12.5. The number of hydrogen-bond donors (Lipinski definition) is 1. The van der Waals surface area contributed by atoms with Crippen LogP contribution in [0.3, 0.4) is 0 Å². The number of carbonyl (C=O) groups is 2. The van der Waals surface area contributed by atoms with Crippen molar-refractivity contribution in [3.63, 3.8) is 0 Å². The highest BCUT2D eigenvalue weighted by molar-refractivity contribution is 6.06. The molecule has 3 rings (SSSR count). The van der Waals surface area contributed by atoms with Crippen molar-refractivity contribution in [3.8, 4) is 0 Å². The molecular formula is C14H22N2O2. The molecule has 1 unspecified atom stereocenters. The number of imide groups is 1. The van der Waals surface area contributed by atoms with Crippen molar-refractivity contribution in [2.75, 3.05) is 13.1 Å². The summed E-state index contributed by atoms with van der Waals surface area (Å²) < 4.78 is 0. The van der Waals surface area contributed by atoms with Crippen molar-refractivity contribution in [1.29, 1.82) is 0 Å². The standard InChI is InChI=1S/C14H22N2O2/c17-12-9-14(6-2-3-7-14)13(18)16(12)10-11-5-1-4-8-15-11/h11,15H,1-10H2. The maximum Gasteiger partial charge on any atom is 0.235 e. The highest BCUT2D eigenvalue weighted by atomic mass is 16.2. The van der Waals surface area contributed by atoms with Crippen LogP contribution < -0.4 is 5.32 Å². The SMILES string of the molecule is O=C1CC2(CCCC2)C(=O)N1CC1CCCCN1. The third-order valence-electron chi connectivity index (χ3n) is 4.87. The molecule has 2 aliphatic heterocycles. The molecule has 100 valence electrons. The summed E-state index contributed by atoms with van der Waals surface area (Å²) in [5.74, 6) is 0.187. The number of nitrogens with one attached hydrogen (secondary N) is 1. The molecule has 18 heavy (non-hydrogen) atoms. The van der Waals surface area contributed by atoms with Gasteiger partial charge in [0.25, 0.3) is 0 Å². The fourth-order valence-corrected chi connectivity index (χ4v) is 3.79. The lowest BCUT2D eigenvalue weighted by molar-refractivity contribution is -0.141. The van der Waals surface area contributed by atoms with Gasteiger partial charge in [-0.15, -0.1) is 0 Å². The number of hydrogen-bond acceptors (Lipinski definition) is 3. The lowest BCUT2D eigenvalue weighted by atomic mass is 9.84. The minimum atomic E-state index is -0.300. The van der Waals surface area contributed by atoms with Crippen LogP contribution in [0.25, 0.3) is 0 Å². The summed E-state index contributed by atoms with van der Waals surface area (Å²) in [6, 6.07) is 0.322. The quantitative estimate of drug-likeness (QED) is 0.755. The van der Waals surface area contributed by atoms with E-state index in [0.717, 1.165) is 38.6 Å². The third-order valence-corrected chi connectivity index (χ3v) is 4.87. The first-order valence-corrected chi connectivity index (χ1v) is 7.29. The zero-order valence-corrected chi connectivity index (χ0v) is 10.9. The van der Waals surface area contributed by atoms with Gasteiger partial charge in [0.05, 0.1) is 5.41 Å². The highest BCUT2D eigenvalue weighted by Gasteiger charge is 2.52. The third kappa shape index (κ3) is 1.96. The molecule has 3 fully saturated rings. The molecule has 2 saturated heterocycles. The van der Waals surface area contributed by atoms with Crippen LogP contribution >= 0.6 is 0 Å². The average molecular weight is 250 g/mol. The van der Waals surface area contributed by atoms with Gasteiger partial charge in [-0.2, -0.15) is 0 Å². The van der Waals surface area contributed by atoms with Crippen LogP contribution in [0.5, 0.6) is 0 Å². The van der Waals surface area contributed by atoms with Crippen molar-refractivity contribution in [2.24, 2.45) is 5.41 Å². The normalized spacial score (nSPS) is 31.6. The molecule has 0 radical (unpaired) electrons. The van der Waals surface area contributed by atoms with Gasteiger partial charge >= 0.3 is 0 Å². The topological polar surface area (TPSA) is 49.4 Å². The molecule has 4 nitrogen and oxygen atoms in total. The molecular weight excluding hydrogens is 228 g/mol. The van der Waals surface area contributed by atoms with Gasteiger partial charge in [0.2, 0.25) is 11.8 Å². The lowest BCUT2D eigenvalue weighted by Crippen LogP contribution is -2.46. The van der Waals surface area contributed by atoms with E-state index in [-0.39, 0.29) is 17.2 Å². The minimum Gasteiger partial charge on any atom is -0.312 e. The summed E-state index contributed by atoms with van der Waals surface area (Å²) in [7, 11) is 0. The Balaban J connectivity index is 1.68. The monoisotopic (exact) mass is 250 g/mol. The zero-order valence-electron chi connectivity index (χ0n) is 10.9. The van der Waals surface area contributed by atoms with E-state index in [2.05, 4.69) is 5.32 Å². The molecule has 1 aliphatic carbocycles. The number of amides is 2. The van der Waals surface area contributed by atoms with Crippen molar-refractivity contribution < 1.29 is 9.59 Å². The van der Waals surface area contributed by atoms with Gasteiger partial charge in [-0.1, -0.05) is 19.3 Å². The number of nitrogens with zero attached hydrogens (tertiary/aromatic N) is 1. The predicted molar refractivity (Wildman–Crippen MR) is 67.9 cm³/mol. The first-order chi connectivity index (χ1) is 8.71. The second-order valence-electron chi connectivity index (χ2n) is 6.12. The Hall–Kier alpha value is -0.900. The van der Waals surface area contributed by atoms with Crippen molar-refractivity contribution in [3.05, 3.63) is 0 Å². The molecule has 1 atom stereocenters. The molecule has 2 heterocycles. The zero-order chi connectivity index (χ0) is 12.6. The minimum absolute atomic E-state index is 0.0641. The van der Waals surface area contributed by atoms with Crippen LogP contribution in [0.4, 0.5) is 0 Å². The van der Waals surface area contributed by atoms with Gasteiger partial charge in [0, 0.05) is 19.0 Å². The second kappa shape index (κ2) is 4.65. The van der Waals surface area contributed by atoms with Crippen LogP contribution in [0.15, 0.2) is 0 Å². The Morgan fingerprint density at radius 2 is 1.94 bits per heavy atom. The highest BCUT2D eigenvalue weighted by Crippen LogP contribution is 2.46. The number of likely N-dealkylation sites (tertiary alicyclic amines) is 1. The molecule has 0 aromatic carbocycles. The van der Waals surface area contributed by atoms with Gasteiger partial charge < -0.3 is 5.32 Å². The van der Waals surface area contributed by atoms with E-state index in [0.29, 0.717) is 19.0 Å². The van der Waals surface area contributed by atoms with Gasteiger partial charge in [-0.25, -0.2) is 0 Å². The Morgan fingerprint density at radius 1 is 1.17 bits per heavy atom. The largest absolute Gasteiger partial charge is 0.312 e. The second-order valence-corrected chi connectivity index (χ2v) is 6.12. The van der Waals surface area contributed by atoms with Gasteiger partial charge in [0.15, 0.2) is 0 Å². The maximum atomic E-state index is 12.5. The summed E-state index contributed by atoms with van der Waals surface area (Å²) in [5, 5.41) is 3.42. The first-order valence-electron chi connectivity index (χ1n) is 7.29. The average Bonchev–Trinajstić information content (AvgIpc) is 2.93. The summed E-state index contributed by atoms with van der Waals surface area (Å²) in [6.07, 6.45) is 8.03. The molecule has 3 aliphatic rings. The van der Waals surface area contributed by atoms with Crippen molar-refractivity contribution >= 4 is 11.8 Å². The lowest BCUT2D eigenvalue weighted by Gasteiger charge is -2.28. The molecule has 0 aromatic rings. The van der Waals surface area contributed by atoms with Gasteiger partial charge in [-0.3, -0.25) is 14.5 Å². The van der Waals surface area contributed by atoms with Crippen molar-refractivity contribution in [1.82, 2.24) is 10.2 Å². The smallest absolute Gasteiger partial charge is 0.235 e. The fraction of sp³-hybridized carbons (Fsp3) is 0.857. The number of carbonyl (C=O) groups excluding carboxylic acids is 2. The van der Waals surface area contributed by atoms with E-state index >= 15 is 0 Å². The Morgan fingerprint density at radius 3 is 2.61 bits per heavy atom. The molecule has 0 aromatic heterocycles. The molecule has 2 amide bonds.